The normalized spacial score (nSPS) is 10.4. The molecule has 0 atom stereocenters. The van der Waals surface area contributed by atoms with Gasteiger partial charge in [-0.05, 0) is 42.3 Å². The van der Waals surface area contributed by atoms with Crippen molar-refractivity contribution in [2.75, 3.05) is 11.9 Å². The van der Waals surface area contributed by atoms with Crippen molar-refractivity contribution >= 4 is 17.6 Å². The number of unbranched alkanes of at least 4 members (excludes halogenated alkanes) is 1. The van der Waals surface area contributed by atoms with Gasteiger partial charge in [-0.1, -0.05) is 43.7 Å². The fourth-order valence-electron chi connectivity index (χ4n) is 2.72. The Labute approximate surface area is 174 Å². The molecule has 154 valence electrons. The second-order valence-corrected chi connectivity index (χ2v) is 6.72. The molecule has 0 radical (unpaired) electrons. The minimum Gasteiger partial charge on any atom is -0.462 e. The number of benzene rings is 2. The number of ether oxygens (including phenoxy) is 1. The van der Waals surface area contributed by atoms with E-state index in [0.29, 0.717) is 17.9 Å². The maximum atomic E-state index is 12.5. The third kappa shape index (κ3) is 5.64. The lowest BCUT2D eigenvalue weighted by atomic mass is 10.2. The zero-order chi connectivity index (χ0) is 21.3. The number of anilines is 1. The summed E-state index contributed by atoms with van der Waals surface area (Å²) in [5.41, 5.74) is 1.66. The molecule has 0 aliphatic carbocycles. The monoisotopic (exact) mass is 405 g/mol. The molecule has 0 spiro atoms. The van der Waals surface area contributed by atoms with E-state index in [1.54, 1.807) is 24.3 Å². The van der Waals surface area contributed by atoms with Gasteiger partial charge in [-0.2, -0.15) is 5.10 Å². The highest BCUT2D eigenvalue weighted by atomic mass is 16.5. The molecule has 0 fully saturated rings. The standard InChI is InChI=1S/C23H23N3O4/c1-2-3-15-30-23(29)18-9-11-19(12-10-18)24-22(28)20-13-14-21(27)26(25-20)16-17-7-5-4-6-8-17/h4-14H,2-3,15-16H2,1H3,(H,24,28). The zero-order valence-corrected chi connectivity index (χ0v) is 16.7. The van der Waals surface area contributed by atoms with Crippen LogP contribution in [-0.4, -0.2) is 28.3 Å². The molecule has 7 heteroatoms. The fourth-order valence-corrected chi connectivity index (χ4v) is 2.72. The Morgan fingerprint density at radius 1 is 1.00 bits per heavy atom. The van der Waals surface area contributed by atoms with Gasteiger partial charge in [0.1, 0.15) is 5.69 Å². The second-order valence-electron chi connectivity index (χ2n) is 6.72. The van der Waals surface area contributed by atoms with E-state index in [1.807, 2.05) is 37.3 Å². The summed E-state index contributed by atoms with van der Waals surface area (Å²) in [5, 5.41) is 6.89. The van der Waals surface area contributed by atoms with Crippen LogP contribution in [0.4, 0.5) is 5.69 Å². The first-order valence-corrected chi connectivity index (χ1v) is 9.77. The van der Waals surface area contributed by atoms with Gasteiger partial charge in [0.05, 0.1) is 18.7 Å². The maximum Gasteiger partial charge on any atom is 0.338 e. The number of nitrogens with zero attached hydrogens (tertiary/aromatic N) is 2. The van der Waals surface area contributed by atoms with Crippen LogP contribution in [-0.2, 0) is 11.3 Å². The van der Waals surface area contributed by atoms with E-state index in [-0.39, 0.29) is 17.8 Å². The molecular weight excluding hydrogens is 382 g/mol. The first-order valence-electron chi connectivity index (χ1n) is 9.77. The Bertz CT molecular complexity index is 1060. The lowest BCUT2D eigenvalue weighted by Gasteiger charge is -2.09. The molecular formula is C23H23N3O4. The number of carbonyl (C=O) groups excluding carboxylic acids is 2. The first kappa shape index (κ1) is 21.0. The fraction of sp³-hybridized carbons (Fsp3) is 0.217. The van der Waals surface area contributed by atoms with Crippen molar-refractivity contribution in [3.05, 3.63) is 93.9 Å². The summed E-state index contributed by atoms with van der Waals surface area (Å²) in [7, 11) is 0. The minimum absolute atomic E-state index is 0.119. The lowest BCUT2D eigenvalue weighted by Crippen LogP contribution is -2.26. The Balaban J connectivity index is 1.66. The van der Waals surface area contributed by atoms with Crippen molar-refractivity contribution < 1.29 is 14.3 Å². The van der Waals surface area contributed by atoms with Gasteiger partial charge in [-0.25, -0.2) is 9.48 Å². The molecule has 7 nitrogen and oxygen atoms in total. The molecule has 1 aromatic heterocycles. The van der Waals surface area contributed by atoms with Gasteiger partial charge < -0.3 is 10.1 Å². The van der Waals surface area contributed by atoms with Crippen LogP contribution in [0, 0.1) is 0 Å². The quantitative estimate of drug-likeness (QED) is 0.458. The molecule has 0 bridgehead atoms. The van der Waals surface area contributed by atoms with E-state index in [9.17, 15) is 14.4 Å². The molecule has 3 aromatic rings. The van der Waals surface area contributed by atoms with E-state index >= 15 is 0 Å². The summed E-state index contributed by atoms with van der Waals surface area (Å²) >= 11 is 0. The Morgan fingerprint density at radius 2 is 1.73 bits per heavy atom. The number of hydrogen-bond donors (Lipinski definition) is 1. The topological polar surface area (TPSA) is 90.3 Å². The largest absolute Gasteiger partial charge is 0.462 e. The van der Waals surface area contributed by atoms with E-state index < -0.39 is 11.9 Å². The third-order valence-electron chi connectivity index (χ3n) is 4.38. The van der Waals surface area contributed by atoms with Gasteiger partial charge >= 0.3 is 5.97 Å². The van der Waals surface area contributed by atoms with Crippen LogP contribution in [0.5, 0.6) is 0 Å². The van der Waals surface area contributed by atoms with E-state index in [4.69, 9.17) is 4.74 Å². The van der Waals surface area contributed by atoms with Crippen LogP contribution in [0.1, 0.15) is 46.2 Å². The van der Waals surface area contributed by atoms with Gasteiger partial charge in [0.25, 0.3) is 11.5 Å². The van der Waals surface area contributed by atoms with Crippen LogP contribution in [0.2, 0.25) is 0 Å². The molecule has 1 N–H and O–H groups in total. The van der Waals surface area contributed by atoms with E-state index in [1.165, 1.54) is 16.8 Å². The lowest BCUT2D eigenvalue weighted by molar-refractivity contribution is 0.0499. The van der Waals surface area contributed by atoms with Crippen molar-refractivity contribution in [2.45, 2.75) is 26.3 Å². The van der Waals surface area contributed by atoms with Gasteiger partial charge in [0, 0.05) is 11.8 Å². The summed E-state index contributed by atoms with van der Waals surface area (Å²) in [5.74, 6) is -0.842. The van der Waals surface area contributed by atoms with Gasteiger partial charge in [0.2, 0.25) is 0 Å². The Hall–Kier alpha value is -3.74. The average molecular weight is 405 g/mol. The number of aromatic nitrogens is 2. The predicted molar refractivity (Wildman–Crippen MR) is 114 cm³/mol. The predicted octanol–water partition coefficient (Wildman–Crippen LogP) is 3.50. The molecule has 3 rings (SSSR count). The third-order valence-corrected chi connectivity index (χ3v) is 4.38. The SMILES string of the molecule is CCCCOC(=O)c1ccc(NC(=O)c2ccc(=O)n(Cc3ccccc3)n2)cc1. The number of carbonyl (C=O) groups is 2. The molecule has 0 aliphatic rings. The molecule has 1 heterocycles. The first-order chi connectivity index (χ1) is 14.6. The summed E-state index contributed by atoms with van der Waals surface area (Å²) < 4.78 is 6.41. The van der Waals surface area contributed by atoms with Crippen LogP contribution < -0.4 is 10.9 Å². The molecule has 0 saturated carbocycles. The van der Waals surface area contributed by atoms with E-state index in [0.717, 1.165) is 18.4 Å². The van der Waals surface area contributed by atoms with Crippen molar-refractivity contribution in [3.8, 4) is 0 Å². The summed E-state index contributed by atoms with van der Waals surface area (Å²) in [6.45, 7) is 2.68. The summed E-state index contributed by atoms with van der Waals surface area (Å²) in [6.07, 6.45) is 1.77. The van der Waals surface area contributed by atoms with Crippen LogP contribution >= 0.6 is 0 Å². The molecule has 30 heavy (non-hydrogen) atoms. The number of esters is 1. The minimum atomic E-state index is -0.449. The van der Waals surface area contributed by atoms with Crippen molar-refractivity contribution in [1.29, 1.82) is 0 Å². The van der Waals surface area contributed by atoms with Crippen LogP contribution in [0.3, 0.4) is 0 Å². The highest BCUT2D eigenvalue weighted by Crippen LogP contribution is 2.12. The maximum absolute atomic E-state index is 12.5. The molecule has 0 saturated heterocycles. The molecule has 2 aromatic carbocycles. The van der Waals surface area contributed by atoms with Gasteiger partial charge in [0.15, 0.2) is 0 Å². The smallest absolute Gasteiger partial charge is 0.338 e. The molecule has 1 amide bonds. The number of nitrogens with one attached hydrogen (secondary N) is 1. The van der Waals surface area contributed by atoms with Crippen molar-refractivity contribution in [1.82, 2.24) is 9.78 Å². The highest BCUT2D eigenvalue weighted by Gasteiger charge is 2.12. The average Bonchev–Trinajstić information content (AvgIpc) is 2.76. The Morgan fingerprint density at radius 3 is 2.43 bits per heavy atom. The van der Waals surface area contributed by atoms with Crippen LogP contribution in [0.25, 0.3) is 0 Å². The summed E-state index contributed by atoms with van der Waals surface area (Å²) in [6, 6.07) is 18.5. The second kappa shape index (κ2) is 10.2. The molecule has 0 aliphatic heterocycles. The zero-order valence-electron chi connectivity index (χ0n) is 16.7. The number of hydrogen-bond acceptors (Lipinski definition) is 5. The number of amides is 1. The van der Waals surface area contributed by atoms with Crippen molar-refractivity contribution in [3.63, 3.8) is 0 Å². The Kier molecular flexibility index (Phi) is 7.10. The van der Waals surface area contributed by atoms with E-state index in [2.05, 4.69) is 10.4 Å². The number of rotatable bonds is 8. The van der Waals surface area contributed by atoms with Crippen LogP contribution in [0.15, 0.2) is 71.5 Å². The van der Waals surface area contributed by atoms with Gasteiger partial charge in [-0.3, -0.25) is 9.59 Å². The summed E-state index contributed by atoms with van der Waals surface area (Å²) in [4.78, 5) is 36.6. The van der Waals surface area contributed by atoms with Crippen molar-refractivity contribution in [2.24, 2.45) is 0 Å². The van der Waals surface area contributed by atoms with Gasteiger partial charge in [-0.15, -0.1) is 0 Å². The highest BCUT2D eigenvalue weighted by molar-refractivity contribution is 6.03. The molecule has 0 unspecified atom stereocenters.